The van der Waals surface area contributed by atoms with Gasteiger partial charge in [-0.2, -0.15) is 0 Å². The van der Waals surface area contributed by atoms with Gasteiger partial charge in [0.15, 0.2) is 0 Å². The maximum absolute atomic E-state index is 11.9. The van der Waals surface area contributed by atoms with E-state index in [9.17, 15) is 14.4 Å². The van der Waals surface area contributed by atoms with E-state index in [4.69, 9.17) is 5.11 Å². The standard InChI is InChI=1S/C23H43NO4/c1-3-5-6-7-8-9-10-11-12-13-14-15-16-17-22(26)24-21(23(27)28)19-18-20(25)4-2/h21H,3-19H2,1-2H3,(H,24,26)(H,27,28). The molecule has 0 bridgehead atoms. The molecule has 0 aliphatic heterocycles. The number of carboxylic acids is 1. The first-order valence-electron chi connectivity index (χ1n) is 11.5. The molecule has 0 aliphatic carbocycles. The van der Waals surface area contributed by atoms with Crippen LogP contribution in [0.3, 0.4) is 0 Å². The van der Waals surface area contributed by atoms with Crippen molar-refractivity contribution >= 4 is 17.7 Å². The van der Waals surface area contributed by atoms with E-state index in [1.165, 1.54) is 64.2 Å². The first kappa shape index (κ1) is 26.6. The van der Waals surface area contributed by atoms with Crippen LogP contribution in [0.1, 0.15) is 123 Å². The van der Waals surface area contributed by atoms with Crippen LogP contribution < -0.4 is 5.32 Å². The molecule has 0 radical (unpaired) electrons. The first-order valence-corrected chi connectivity index (χ1v) is 11.5. The number of carbonyl (C=O) groups is 3. The highest BCUT2D eigenvalue weighted by Crippen LogP contribution is 2.13. The zero-order chi connectivity index (χ0) is 21.0. The van der Waals surface area contributed by atoms with Gasteiger partial charge in [0.25, 0.3) is 0 Å². The second kappa shape index (κ2) is 18.9. The SMILES string of the molecule is CCCCCCCCCCCCCCCC(=O)NC(CCC(=O)CC)C(=O)O. The fourth-order valence-corrected chi connectivity index (χ4v) is 3.31. The minimum atomic E-state index is -1.07. The van der Waals surface area contributed by atoms with Gasteiger partial charge in [0.2, 0.25) is 5.91 Å². The van der Waals surface area contributed by atoms with Crippen LogP contribution in [0.4, 0.5) is 0 Å². The number of nitrogens with one attached hydrogen (secondary N) is 1. The molecule has 0 rings (SSSR count). The fourth-order valence-electron chi connectivity index (χ4n) is 3.31. The molecular formula is C23H43NO4. The highest BCUT2D eigenvalue weighted by Gasteiger charge is 2.20. The van der Waals surface area contributed by atoms with Crippen molar-refractivity contribution in [3.05, 3.63) is 0 Å². The topological polar surface area (TPSA) is 83.5 Å². The molecule has 0 saturated heterocycles. The van der Waals surface area contributed by atoms with Crippen molar-refractivity contribution in [3.63, 3.8) is 0 Å². The van der Waals surface area contributed by atoms with Crippen molar-refractivity contribution in [1.29, 1.82) is 0 Å². The lowest BCUT2D eigenvalue weighted by molar-refractivity contribution is -0.142. The lowest BCUT2D eigenvalue weighted by atomic mass is 10.0. The predicted octanol–water partition coefficient (Wildman–Crippen LogP) is 5.80. The Hall–Kier alpha value is -1.39. The molecule has 1 atom stereocenters. The van der Waals surface area contributed by atoms with Crippen LogP contribution in [0.15, 0.2) is 0 Å². The van der Waals surface area contributed by atoms with Gasteiger partial charge in [-0.15, -0.1) is 0 Å². The molecule has 0 saturated carbocycles. The molecule has 0 aromatic heterocycles. The Labute approximate surface area is 172 Å². The third-order valence-corrected chi connectivity index (χ3v) is 5.25. The molecule has 0 fully saturated rings. The average Bonchev–Trinajstić information content (AvgIpc) is 2.68. The molecule has 1 amide bonds. The largest absolute Gasteiger partial charge is 0.480 e. The summed E-state index contributed by atoms with van der Waals surface area (Å²) in [6, 6.07) is -0.954. The maximum atomic E-state index is 11.9. The lowest BCUT2D eigenvalue weighted by Crippen LogP contribution is -2.41. The van der Waals surface area contributed by atoms with Gasteiger partial charge >= 0.3 is 5.97 Å². The summed E-state index contributed by atoms with van der Waals surface area (Å²) in [5.41, 5.74) is 0. The first-order chi connectivity index (χ1) is 13.5. The van der Waals surface area contributed by atoms with Crippen molar-refractivity contribution in [1.82, 2.24) is 5.32 Å². The van der Waals surface area contributed by atoms with Crippen LogP contribution in [-0.4, -0.2) is 28.8 Å². The third kappa shape index (κ3) is 16.8. The molecule has 0 aromatic rings. The Morgan fingerprint density at radius 2 is 1.18 bits per heavy atom. The number of amides is 1. The molecule has 0 aromatic carbocycles. The Bertz CT molecular complexity index is 423. The van der Waals surface area contributed by atoms with E-state index in [-0.39, 0.29) is 24.5 Å². The number of carbonyl (C=O) groups excluding carboxylic acids is 2. The molecule has 28 heavy (non-hydrogen) atoms. The van der Waals surface area contributed by atoms with Crippen LogP contribution in [-0.2, 0) is 14.4 Å². The van der Waals surface area contributed by atoms with E-state index in [1.807, 2.05) is 0 Å². The van der Waals surface area contributed by atoms with Crippen molar-refractivity contribution in [2.45, 2.75) is 129 Å². The number of ketones is 1. The Morgan fingerprint density at radius 3 is 1.61 bits per heavy atom. The number of unbranched alkanes of at least 4 members (excludes halogenated alkanes) is 12. The highest BCUT2D eigenvalue weighted by molar-refractivity contribution is 5.84. The fraction of sp³-hybridized carbons (Fsp3) is 0.870. The van der Waals surface area contributed by atoms with Gasteiger partial charge in [0, 0.05) is 19.3 Å². The summed E-state index contributed by atoms with van der Waals surface area (Å²) >= 11 is 0. The second-order valence-electron chi connectivity index (χ2n) is 7.88. The highest BCUT2D eigenvalue weighted by atomic mass is 16.4. The van der Waals surface area contributed by atoms with Gasteiger partial charge in [-0.25, -0.2) is 4.79 Å². The second-order valence-corrected chi connectivity index (χ2v) is 7.88. The summed E-state index contributed by atoms with van der Waals surface area (Å²) in [6.07, 6.45) is 17.4. The molecular weight excluding hydrogens is 354 g/mol. The van der Waals surface area contributed by atoms with Crippen molar-refractivity contribution < 1.29 is 19.5 Å². The zero-order valence-electron chi connectivity index (χ0n) is 18.3. The van der Waals surface area contributed by atoms with E-state index >= 15 is 0 Å². The predicted molar refractivity (Wildman–Crippen MR) is 114 cm³/mol. The number of hydrogen-bond acceptors (Lipinski definition) is 3. The number of hydrogen-bond donors (Lipinski definition) is 2. The molecule has 5 nitrogen and oxygen atoms in total. The summed E-state index contributed by atoms with van der Waals surface area (Å²) in [6.45, 7) is 4.00. The third-order valence-electron chi connectivity index (χ3n) is 5.25. The number of rotatable bonds is 20. The van der Waals surface area contributed by atoms with Crippen LogP contribution in [0.25, 0.3) is 0 Å². The Kier molecular flexibility index (Phi) is 18.0. The molecule has 5 heteroatoms. The normalized spacial score (nSPS) is 11.9. The minimum Gasteiger partial charge on any atom is -0.480 e. The van der Waals surface area contributed by atoms with Gasteiger partial charge < -0.3 is 10.4 Å². The smallest absolute Gasteiger partial charge is 0.326 e. The average molecular weight is 398 g/mol. The number of aliphatic carboxylic acids is 1. The molecule has 0 heterocycles. The van der Waals surface area contributed by atoms with E-state index in [1.54, 1.807) is 6.92 Å². The van der Waals surface area contributed by atoms with Gasteiger partial charge in [-0.3, -0.25) is 9.59 Å². The maximum Gasteiger partial charge on any atom is 0.326 e. The quantitative estimate of drug-likeness (QED) is 0.254. The monoisotopic (exact) mass is 397 g/mol. The van der Waals surface area contributed by atoms with Crippen LogP contribution in [0, 0.1) is 0 Å². The molecule has 0 spiro atoms. The number of carboxylic acid groups (broad SMARTS) is 1. The summed E-state index contributed by atoms with van der Waals surface area (Å²) < 4.78 is 0. The molecule has 164 valence electrons. The van der Waals surface area contributed by atoms with Crippen LogP contribution in [0.2, 0.25) is 0 Å². The Balaban J connectivity index is 3.57. The van der Waals surface area contributed by atoms with E-state index in [2.05, 4.69) is 12.2 Å². The van der Waals surface area contributed by atoms with E-state index < -0.39 is 12.0 Å². The summed E-state index contributed by atoms with van der Waals surface area (Å²) in [5.74, 6) is -1.26. The van der Waals surface area contributed by atoms with E-state index in [0.29, 0.717) is 12.8 Å². The number of Topliss-reactive ketones (excluding diaryl/α,β-unsaturated/α-hetero) is 1. The minimum absolute atomic E-state index is 0.0250. The van der Waals surface area contributed by atoms with Crippen molar-refractivity contribution in [2.75, 3.05) is 0 Å². The Morgan fingerprint density at radius 1 is 0.714 bits per heavy atom. The van der Waals surface area contributed by atoms with Crippen molar-refractivity contribution in [2.24, 2.45) is 0 Å². The lowest BCUT2D eigenvalue weighted by Gasteiger charge is -2.14. The summed E-state index contributed by atoms with van der Waals surface area (Å²) in [4.78, 5) is 34.4. The van der Waals surface area contributed by atoms with E-state index in [0.717, 1.165) is 19.3 Å². The van der Waals surface area contributed by atoms with Gasteiger partial charge in [-0.1, -0.05) is 90.9 Å². The van der Waals surface area contributed by atoms with Gasteiger partial charge in [0.1, 0.15) is 11.8 Å². The summed E-state index contributed by atoms with van der Waals surface area (Å²) in [7, 11) is 0. The molecule has 2 N–H and O–H groups in total. The zero-order valence-corrected chi connectivity index (χ0v) is 18.3. The van der Waals surface area contributed by atoms with Gasteiger partial charge in [-0.05, 0) is 12.8 Å². The van der Waals surface area contributed by atoms with Crippen molar-refractivity contribution in [3.8, 4) is 0 Å². The summed E-state index contributed by atoms with van der Waals surface area (Å²) in [5, 5.41) is 11.7. The molecule has 1 unspecified atom stereocenters. The van der Waals surface area contributed by atoms with Crippen LogP contribution >= 0.6 is 0 Å². The van der Waals surface area contributed by atoms with Gasteiger partial charge in [0.05, 0.1) is 0 Å². The van der Waals surface area contributed by atoms with Crippen LogP contribution in [0.5, 0.6) is 0 Å². The molecule has 0 aliphatic rings.